The van der Waals surface area contributed by atoms with Gasteiger partial charge in [0.2, 0.25) is 0 Å². The number of para-hydroxylation sites is 2. The molecule has 4 N–H and O–H groups in total. The maximum Gasteiger partial charge on any atom is 0.323 e. The molecule has 0 aliphatic carbocycles. The molecule has 4 amide bonds. The second-order valence-corrected chi connectivity index (χ2v) is 5.18. The van der Waals surface area contributed by atoms with Crippen LogP contribution in [0.25, 0.3) is 0 Å². The van der Waals surface area contributed by atoms with Crippen LogP contribution in [0.1, 0.15) is 0 Å². The molecule has 0 fully saturated rings. The van der Waals surface area contributed by atoms with Crippen molar-refractivity contribution in [2.45, 2.75) is 0 Å². The van der Waals surface area contributed by atoms with Gasteiger partial charge in [0.15, 0.2) is 0 Å². The van der Waals surface area contributed by atoms with Crippen molar-refractivity contribution in [1.29, 1.82) is 0 Å². The second kappa shape index (κ2) is 8.25. The normalized spacial score (nSPS) is 9.85. The molecule has 0 aliphatic rings. The number of benzene rings is 1. The minimum Gasteiger partial charge on any atom is -0.308 e. The van der Waals surface area contributed by atoms with Crippen molar-refractivity contribution >= 4 is 34.8 Å². The van der Waals surface area contributed by atoms with E-state index in [1.165, 1.54) is 0 Å². The van der Waals surface area contributed by atoms with Crippen LogP contribution < -0.4 is 21.3 Å². The number of amides is 4. The third kappa shape index (κ3) is 4.78. The third-order valence-electron chi connectivity index (χ3n) is 3.30. The van der Waals surface area contributed by atoms with E-state index in [1.807, 2.05) is 0 Å². The summed E-state index contributed by atoms with van der Waals surface area (Å²) in [7, 11) is 0. The minimum atomic E-state index is -0.431. The van der Waals surface area contributed by atoms with Gasteiger partial charge < -0.3 is 21.3 Å². The van der Waals surface area contributed by atoms with Crippen LogP contribution in [0.2, 0.25) is 0 Å². The van der Waals surface area contributed by atoms with Gasteiger partial charge in [-0.2, -0.15) is 0 Å². The number of hydrogen-bond donors (Lipinski definition) is 4. The number of carbonyl (C=O) groups excluding carboxylic acids is 2. The first-order valence-electron chi connectivity index (χ1n) is 7.76. The van der Waals surface area contributed by atoms with E-state index >= 15 is 0 Å². The molecule has 2 heterocycles. The molecule has 3 rings (SSSR count). The van der Waals surface area contributed by atoms with Crippen molar-refractivity contribution in [1.82, 2.24) is 9.97 Å². The van der Waals surface area contributed by atoms with Gasteiger partial charge in [0.05, 0.1) is 11.4 Å². The Bertz CT molecular complexity index is 812. The molecular formula is C18H16N6O2. The first kappa shape index (κ1) is 16.9. The molecule has 0 aliphatic heterocycles. The summed E-state index contributed by atoms with van der Waals surface area (Å²) in [5.41, 5.74) is 2.14. The zero-order chi connectivity index (χ0) is 18.2. The van der Waals surface area contributed by atoms with Gasteiger partial charge in [-0.25, -0.2) is 9.59 Å². The number of rotatable bonds is 4. The Balaban J connectivity index is 1.64. The van der Waals surface area contributed by atoms with Crippen LogP contribution in [0.15, 0.2) is 73.3 Å². The van der Waals surface area contributed by atoms with Gasteiger partial charge in [0.1, 0.15) is 0 Å². The predicted octanol–water partition coefficient (Wildman–Crippen LogP) is 3.76. The van der Waals surface area contributed by atoms with Crippen LogP contribution in [0.3, 0.4) is 0 Å². The fourth-order valence-electron chi connectivity index (χ4n) is 2.14. The second-order valence-electron chi connectivity index (χ2n) is 5.18. The summed E-state index contributed by atoms with van der Waals surface area (Å²) in [6.45, 7) is 0. The lowest BCUT2D eigenvalue weighted by Gasteiger charge is -2.13. The number of aromatic nitrogens is 2. The van der Waals surface area contributed by atoms with Gasteiger partial charge in [-0.05, 0) is 36.4 Å². The summed E-state index contributed by atoms with van der Waals surface area (Å²) in [5.74, 6) is 0. The number of anilines is 4. The van der Waals surface area contributed by atoms with Gasteiger partial charge in [0.25, 0.3) is 0 Å². The van der Waals surface area contributed by atoms with Crippen molar-refractivity contribution in [2.75, 3.05) is 21.3 Å². The topological polar surface area (TPSA) is 108 Å². The lowest BCUT2D eigenvalue weighted by molar-refractivity contribution is 0.261. The van der Waals surface area contributed by atoms with E-state index in [1.54, 1.807) is 73.3 Å². The summed E-state index contributed by atoms with van der Waals surface area (Å²) >= 11 is 0. The molecule has 26 heavy (non-hydrogen) atoms. The zero-order valence-corrected chi connectivity index (χ0v) is 13.6. The Labute approximate surface area is 149 Å². The van der Waals surface area contributed by atoms with Crippen LogP contribution in [-0.4, -0.2) is 22.0 Å². The molecular weight excluding hydrogens is 332 g/mol. The quantitative estimate of drug-likeness (QED) is 0.575. The standard InChI is InChI=1S/C18H16N6O2/c25-17(21-13-5-9-19-10-6-13)23-15-3-1-2-4-16(15)24-18(26)22-14-7-11-20-12-8-14/h1-12H,(H2,19,21,23,25)(H2,20,22,24,26). The van der Waals surface area contributed by atoms with Crippen molar-refractivity contribution in [3.05, 3.63) is 73.3 Å². The minimum absolute atomic E-state index is 0.431. The fraction of sp³-hybridized carbons (Fsp3) is 0. The van der Waals surface area contributed by atoms with Gasteiger partial charge >= 0.3 is 12.1 Å². The Morgan fingerprint density at radius 3 is 1.35 bits per heavy atom. The van der Waals surface area contributed by atoms with E-state index in [0.717, 1.165) is 0 Å². The lowest BCUT2D eigenvalue weighted by Crippen LogP contribution is -2.23. The largest absolute Gasteiger partial charge is 0.323 e. The number of hydrogen-bond acceptors (Lipinski definition) is 4. The predicted molar refractivity (Wildman–Crippen MR) is 100 cm³/mol. The van der Waals surface area contributed by atoms with E-state index in [0.29, 0.717) is 22.7 Å². The molecule has 130 valence electrons. The molecule has 0 radical (unpaired) electrons. The maximum absolute atomic E-state index is 12.1. The number of pyridine rings is 2. The molecule has 1 aromatic carbocycles. The summed E-state index contributed by atoms with van der Waals surface area (Å²) in [6.07, 6.45) is 6.31. The van der Waals surface area contributed by atoms with Crippen LogP contribution in [0.5, 0.6) is 0 Å². The number of nitrogens with zero attached hydrogens (tertiary/aromatic N) is 2. The Hall–Kier alpha value is -3.94. The number of urea groups is 2. The highest BCUT2D eigenvalue weighted by atomic mass is 16.2. The van der Waals surface area contributed by atoms with E-state index in [4.69, 9.17) is 0 Å². The van der Waals surface area contributed by atoms with Crippen LogP contribution in [-0.2, 0) is 0 Å². The number of nitrogens with one attached hydrogen (secondary N) is 4. The Morgan fingerprint density at radius 2 is 0.962 bits per heavy atom. The average Bonchev–Trinajstić information content (AvgIpc) is 2.65. The van der Waals surface area contributed by atoms with E-state index in [-0.39, 0.29) is 0 Å². The first-order valence-corrected chi connectivity index (χ1v) is 7.76. The lowest BCUT2D eigenvalue weighted by atomic mass is 10.2. The molecule has 0 atom stereocenters. The molecule has 0 bridgehead atoms. The summed E-state index contributed by atoms with van der Waals surface area (Å²) in [4.78, 5) is 32.0. The van der Waals surface area contributed by atoms with Crippen molar-refractivity contribution in [3.8, 4) is 0 Å². The van der Waals surface area contributed by atoms with E-state index in [9.17, 15) is 9.59 Å². The monoisotopic (exact) mass is 348 g/mol. The zero-order valence-electron chi connectivity index (χ0n) is 13.6. The highest BCUT2D eigenvalue weighted by molar-refractivity contribution is 6.06. The molecule has 0 spiro atoms. The van der Waals surface area contributed by atoms with Crippen LogP contribution in [0.4, 0.5) is 32.3 Å². The summed E-state index contributed by atoms with van der Waals surface area (Å²) in [6, 6.07) is 12.7. The van der Waals surface area contributed by atoms with Gasteiger partial charge in [-0.3, -0.25) is 9.97 Å². The average molecular weight is 348 g/mol. The molecule has 8 heteroatoms. The smallest absolute Gasteiger partial charge is 0.308 e. The Morgan fingerprint density at radius 1 is 0.577 bits per heavy atom. The fourth-order valence-corrected chi connectivity index (χ4v) is 2.14. The first-order chi connectivity index (χ1) is 12.7. The highest BCUT2D eigenvalue weighted by Crippen LogP contribution is 2.21. The molecule has 8 nitrogen and oxygen atoms in total. The molecule has 0 saturated heterocycles. The van der Waals surface area contributed by atoms with Gasteiger partial charge in [-0.15, -0.1) is 0 Å². The van der Waals surface area contributed by atoms with E-state index < -0.39 is 12.1 Å². The molecule has 2 aromatic heterocycles. The molecule has 3 aromatic rings. The maximum atomic E-state index is 12.1. The number of carbonyl (C=O) groups is 2. The van der Waals surface area contributed by atoms with Crippen molar-refractivity contribution < 1.29 is 9.59 Å². The van der Waals surface area contributed by atoms with Crippen LogP contribution in [0, 0.1) is 0 Å². The SMILES string of the molecule is O=C(Nc1ccncc1)Nc1ccccc1NC(=O)Nc1ccncc1. The Kier molecular flexibility index (Phi) is 5.36. The highest BCUT2D eigenvalue weighted by Gasteiger charge is 2.09. The van der Waals surface area contributed by atoms with Gasteiger partial charge in [-0.1, -0.05) is 12.1 Å². The van der Waals surface area contributed by atoms with Crippen LogP contribution >= 0.6 is 0 Å². The van der Waals surface area contributed by atoms with Gasteiger partial charge in [0, 0.05) is 36.2 Å². The van der Waals surface area contributed by atoms with Crippen molar-refractivity contribution in [3.63, 3.8) is 0 Å². The molecule has 0 saturated carbocycles. The summed E-state index contributed by atoms with van der Waals surface area (Å²) < 4.78 is 0. The van der Waals surface area contributed by atoms with E-state index in [2.05, 4.69) is 31.2 Å². The van der Waals surface area contributed by atoms with Crippen molar-refractivity contribution in [2.24, 2.45) is 0 Å². The summed E-state index contributed by atoms with van der Waals surface area (Å²) in [5, 5.41) is 10.8. The molecule has 0 unspecified atom stereocenters. The third-order valence-corrected chi connectivity index (χ3v) is 3.30.